The molecule has 0 spiro atoms. The van der Waals surface area contributed by atoms with Gasteiger partial charge >= 0.3 is 0 Å². The number of hydrogen-bond donors (Lipinski definition) is 5. The van der Waals surface area contributed by atoms with Crippen LogP contribution in [0.15, 0.2) is 23.3 Å². The highest BCUT2D eigenvalue weighted by molar-refractivity contribution is 5.37. The van der Waals surface area contributed by atoms with Crippen molar-refractivity contribution in [3.8, 4) is 0 Å². The van der Waals surface area contributed by atoms with Crippen molar-refractivity contribution in [1.29, 1.82) is 0 Å². The molecule has 0 saturated heterocycles. The van der Waals surface area contributed by atoms with Gasteiger partial charge in [-0.15, -0.1) is 0 Å². The van der Waals surface area contributed by atoms with E-state index in [0.29, 0.717) is 12.8 Å². The Morgan fingerprint density at radius 1 is 1.00 bits per heavy atom. The summed E-state index contributed by atoms with van der Waals surface area (Å²) in [5.74, 6) is 0.407. The van der Waals surface area contributed by atoms with Crippen molar-refractivity contribution in [3.05, 3.63) is 23.3 Å². The van der Waals surface area contributed by atoms with Gasteiger partial charge in [0.25, 0.3) is 0 Å². The molecule has 0 aromatic rings. The highest BCUT2D eigenvalue weighted by atomic mass is 16.3. The van der Waals surface area contributed by atoms with Gasteiger partial charge in [-0.3, -0.25) is 0 Å². The first kappa shape index (κ1) is 25.4. The van der Waals surface area contributed by atoms with Gasteiger partial charge in [-0.1, -0.05) is 57.9 Å². The van der Waals surface area contributed by atoms with Gasteiger partial charge in [0.05, 0.1) is 24.4 Å². The zero-order valence-corrected chi connectivity index (χ0v) is 21.1. The smallest absolute Gasteiger partial charge is 0.0872 e. The lowest BCUT2D eigenvalue weighted by Crippen LogP contribution is -2.51. The van der Waals surface area contributed by atoms with Crippen molar-refractivity contribution in [2.24, 2.45) is 46.3 Å². The van der Waals surface area contributed by atoms with E-state index in [1.807, 2.05) is 6.92 Å². The number of aliphatic hydroxyl groups is 5. The summed E-state index contributed by atoms with van der Waals surface area (Å²) in [6.07, 6.45) is 6.57. The third-order valence-corrected chi connectivity index (χ3v) is 10.6. The van der Waals surface area contributed by atoms with Crippen molar-refractivity contribution in [2.75, 3.05) is 6.61 Å². The maximum atomic E-state index is 11.4. The van der Waals surface area contributed by atoms with E-state index in [4.69, 9.17) is 0 Å². The fourth-order valence-corrected chi connectivity index (χ4v) is 8.35. The fourth-order valence-electron chi connectivity index (χ4n) is 8.35. The molecule has 2 fully saturated rings. The van der Waals surface area contributed by atoms with E-state index in [0.717, 1.165) is 25.7 Å². The van der Waals surface area contributed by atoms with Gasteiger partial charge in [-0.2, -0.15) is 0 Å². The van der Waals surface area contributed by atoms with Gasteiger partial charge in [0.1, 0.15) is 0 Å². The van der Waals surface area contributed by atoms with Crippen LogP contribution in [0.5, 0.6) is 0 Å². The molecular formula is C28H46O5. The zero-order chi connectivity index (χ0) is 24.3. The molecule has 0 heterocycles. The molecule has 5 nitrogen and oxygen atoms in total. The Bertz CT molecular complexity index is 791. The minimum absolute atomic E-state index is 0.0599. The molecule has 0 bridgehead atoms. The van der Waals surface area contributed by atoms with Gasteiger partial charge in [0, 0.05) is 12.5 Å². The van der Waals surface area contributed by atoms with Crippen molar-refractivity contribution >= 4 is 0 Å². The predicted octanol–water partition coefficient (Wildman–Crippen LogP) is 3.44. The van der Waals surface area contributed by atoms with Crippen LogP contribution in [0.3, 0.4) is 0 Å². The molecule has 5 N–H and O–H groups in total. The quantitative estimate of drug-likeness (QED) is 0.403. The van der Waals surface area contributed by atoms with Crippen molar-refractivity contribution in [3.63, 3.8) is 0 Å². The number of fused-ring (bicyclic) bond motifs is 4. The van der Waals surface area contributed by atoms with Crippen LogP contribution in [0.4, 0.5) is 0 Å². The Labute approximate surface area is 199 Å². The normalized spacial score (nSPS) is 48.2. The molecular weight excluding hydrogens is 416 g/mol. The van der Waals surface area contributed by atoms with E-state index in [2.05, 4.69) is 39.8 Å². The summed E-state index contributed by atoms with van der Waals surface area (Å²) >= 11 is 0. The van der Waals surface area contributed by atoms with E-state index in [-0.39, 0.29) is 59.0 Å². The highest BCUT2D eigenvalue weighted by Crippen LogP contribution is 2.65. The maximum Gasteiger partial charge on any atom is 0.0872 e. The van der Waals surface area contributed by atoms with E-state index >= 15 is 0 Å². The summed E-state index contributed by atoms with van der Waals surface area (Å²) < 4.78 is 0. The summed E-state index contributed by atoms with van der Waals surface area (Å²) in [4.78, 5) is 0. The fraction of sp³-hybridized carbons (Fsp3) is 0.857. The molecule has 5 heteroatoms. The maximum absolute atomic E-state index is 11.4. The summed E-state index contributed by atoms with van der Waals surface area (Å²) in [6.45, 7) is 10.9. The molecule has 4 rings (SSSR count). The molecule has 0 radical (unpaired) electrons. The molecule has 0 aromatic heterocycles. The lowest BCUT2D eigenvalue weighted by Gasteiger charge is -2.56. The minimum Gasteiger partial charge on any atom is -0.396 e. The molecule has 4 aliphatic rings. The second-order valence-corrected chi connectivity index (χ2v) is 12.5. The van der Waals surface area contributed by atoms with Gasteiger partial charge in [-0.25, -0.2) is 0 Å². The largest absolute Gasteiger partial charge is 0.396 e. The highest BCUT2D eigenvalue weighted by Gasteiger charge is 2.63. The van der Waals surface area contributed by atoms with Crippen LogP contribution in [0.25, 0.3) is 0 Å². The van der Waals surface area contributed by atoms with Gasteiger partial charge in [0.15, 0.2) is 0 Å². The number of allylic oxidation sites excluding steroid dienone is 3. The number of aliphatic hydroxyl groups excluding tert-OH is 5. The van der Waals surface area contributed by atoms with Crippen LogP contribution in [0, 0.1) is 46.3 Å². The summed E-state index contributed by atoms with van der Waals surface area (Å²) in [5, 5.41) is 53.5. The van der Waals surface area contributed by atoms with E-state index < -0.39 is 18.3 Å². The Balaban J connectivity index is 1.66. The lowest BCUT2D eigenvalue weighted by molar-refractivity contribution is -0.0547. The molecule has 12 atom stereocenters. The standard InChI is InChI=1S/C28H46O5/c1-15(17(3)14-29)6-7-16(2)23-25(32)26(33)24-19-13-22(31)21-12-18(30)8-10-27(21,4)20(19)9-11-28(23,24)5/h6-7,15-18,21-26,29-33H,8-14H2,1-5H3/b7-6+/t15-,16-,17-,18+,21-,22+,23+,24-,25-,26+,27-,28-/m1/s1. The molecule has 188 valence electrons. The van der Waals surface area contributed by atoms with Crippen LogP contribution >= 0.6 is 0 Å². The molecule has 0 aromatic carbocycles. The first-order chi connectivity index (χ1) is 15.5. The van der Waals surface area contributed by atoms with Crippen LogP contribution in [-0.2, 0) is 0 Å². The van der Waals surface area contributed by atoms with Crippen LogP contribution in [-0.4, -0.2) is 56.6 Å². The topological polar surface area (TPSA) is 101 Å². The lowest BCUT2D eigenvalue weighted by atomic mass is 9.49. The first-order valence-electron chi connectivity index (χ1n) is 13.2. The van der Waals surface area contributed by atoms with E-state index in [9.17, 15) is 25.5 Å². The Kier molecular flexibility index (Phi) is 6.96. The molecule has 33 heavy (non-hydrogen) atoms. The molecule has 2 saturated carbocycles. The predicted molar refractivity (Wildman–Crippen MR) is 129 cm³/mol. The number of rotatable bonds is 5. The third-order valence-electron chi connectivity index (χ3n) is 10.6. The zero-order valence-electron chi connectivity index (χ0n) is 21.1. The van der Waals surface area contributed by atoms with Crippen LogP contribution in [0.2, 0.25) is 0 Å². The second kappa shape index (κ2) is 9.05. The SMILES string of the molecule is C[C@H](/C=C/[C@@H](C)[C@H](C)CO)[C@H]1[C@@H](O)[C@@H](O)[C@H]2C3=C(CC[C@]12C)[C@@]1(C)CC[C@H](O)C[C@@H]1[C@@H](O)C3. The van der Waals surface area contributed by atoms with Crippen molar-refractivity contribution in [1.82, 2.24) is 0 Å². The Morgan fingerprint density at radius 3 is 2.36 bits per heavy atom. The summed E-state index contributed by atoms with van der Waals surface area (Å²) in [7, 11) is 0. The summed E-state index contributed by atoms with van der Waals surface area (Å²) in [5.41, 5.74) is 2.23. The van der Waals surface area contributed by atoms with Crippen molar-refractivity contribution in [2.45, 2.75) is 97.6 Å². The van der Waals surface area contributed by atoms with Gasteiger partial charge in [0.2, 0.25) is 0 Å². The summed E-state index contributed by atoms with van der Waals surface area (Å²) in [6, 6.07) is 0. The molecule has 0 aliphatic heterocycles. The van der Waals surface area contributed by atoms with Crippen LogP contribution in [0.1, 0.15) is 73.1 Å². The molecule has 0 amide bonds. The molecule has 4 aliphatic carbocycles. The van der Waals surface area contributed by atoms with E-state index in [1.165, 1.54) is 11.1 Å². The average Bonchev–Trinajstić information content (AvgIpc) is 2.98. The first-order valence-corrected chi connectivity index (χ1v) is 13.2. The Morgan fingerprint density at radius 2 is 1.70 bits per heavy atom. The van der Waals surface area contributed by atoms with Gasteiger partial charge < -0.3 is 25.5 Å². The van der Waals surface area contributed by atoms with E-state index in [1.54, 1.807) is 0 Å². The number of hydrogen-bond acceptors (Lipinski definition) is 5. The minimum atomic E-state index is -0.823. The second-order valence-electron chi connectivity index (χ2n) is 12.5. The van der Waals surface area contributed by atoms with Gasteiger partial charge in [-0.05, 0) is 78.9 Å². The van der Waals surface area contributed by atoms with Crippen LogP contribution < -0.4 is 0 Å². The third kappa shape index (κ3) is 3.96. The Hall–Kier alpha value is -0.720. The van der Waals surface area contributed by atoms with Crippen molar-refractivity contribution < 1.29 is 25.5 Å². The molecule has 0 unspecified atom stereocenters. The average molecular weight is 463 g/mol. The monoisotopic (exact) mass is 462 g/mol.